The molecule has 9 nitrogen and oxygen atoms in total. The van der Waals surface area contributed by atoms with E-state index in [0.29, 0.717) is 18.8 Å². The number of hydrogen-bond donors (Lipinski definition) is 3. The first-order valence-electron chi connectivity index (χ1n) is 9.86. The lowest BCUT2D eigenvalue weighted by atomic mass is 10.1. The molecule has 0 unspecified atom stereocenters. The lowest BCUT2D eigenvalue weighted by Crippen LogP contribution is -2.48. The lowest BCUT2D eigenvalue weighted by molar-refractivity contribution is -0.384. The van der Waals surface area contributed by atoms with Gasteiger partial charge in [-0.15, -0.1) is 0 Å². The Kier molecular flexibility index (Phi) is 8.03. The van der Waals surface area contributed by atoms with Crippen LogP contribution in [0.5, 0.6) is 5.75 Å². The first-order chi connectivity index (χ1) is 15.9. The molecule has 0 bridgehead atoms. The monoisotopic (exact) mass is 464 g/mol. The Morgan fingerprint density at radius 2 is 1.64 bits per heavy atom. The topological polar surface area (TPSA) is 123 Å². The third kappa shape index (κ3) is 6.84. The smallest absolute Gasteiger partial charge is 0.270 e. The van der Waals surface area contributed by atoms with Gasteiger partial charge in [0.1, 0.15) is 5.75 Å². The van der Waals surface area contributed by atoms with Crippen LogP contribution in [-0.4, -0.2) is 28.5 Å². The van der Waals surface area contributed by atoms with Crippen molar-refractivity contribution in [2.24, 2.45) is 0 Å². The Hall–Kier alpha value is -4.31. The van der Waals surface area contributed by atoms with Gasteiger partial charge in [-0.1, -0.05) is 48.5 Å². The normalized spacial score (nSPS) is 10.1. The second kappa shape index (κ2) is 11.3. The second-order valence-electron chi connectivity index (χ2n) is 6.75. The van der Waals surface area contributed by atoms with Crippen molar-refractivity contribution in [3.05, 3.63) is 106 Å². The maximum absolute atomic E-state index is 12.6. The summed E-state index contributed by atoms with van der Waals surface area (Å²) in [6.07, 6.45) is 0.681. The number of nitrogens with zero attached hydrogens (tertiary/aromatic N) is 1. The highest BCUT2D eigenvalue weighted by atomic mass is 32.1. The van der Waals surface area contributed by atoms with Gasteiger partial charge < -0.3 is 4.74 Å². The number of para-hydroxylation sites is 1. The molecule has 3 aromatic rings. The highest BCUT2D eigenvalue weighted by Crippen LogP contribution is 2.18. The van der Waals surface area contributed by atoms with Crippen molar-refractivity contribution in [3.8, 4) is 5.75 Å². The first-order valence-corrected chi connectivity index (χ1v) is 10.3. The molecule has 0 spiro atoms. The molecule has 0 atom stereocenters. The summed E-state index contributed by atoms with van der Waals surface area (Å²) in [5, 5.41) is 13.1. The molecular weight excluding hydrogens is 444 g/mol. The van der Waals surface area contributed by atoms with Gasteiger partial charge in [0.05, 0.1) is 17.1 Å². The molecule has 0 fully saturated rings. The van der Waals surface area contributed by atoms with Crippen LogP contribution >= 0.6 is 12.2 Å². The first kappa shape index (κ1) is 23.4. The Morgan fingerprint density at radius 1 is 0.909 bits per heavy atom. The fourth-order valence-corrected chi connectivity index (χ4v) is 3.00. The molecule has 10 heteroatoms. The maximum atomic E-state index is 12.6. The number of ether oxygens (including phenoxy) is 1. The van der Waals surface area contributed by atoms with Gasteiger partial charge in [0.2, 0.25) is 0 Å². The fraction of sp³-hybridized carbons (Fsp3) is 0.0870. The standard InChI is InChI=1S/C23H20N4O5S/c28-21(17-9-6-10-18(15-17)27(30)31)25-26-23(33)24-22(29)19-11-4-5-12-20(19)32-14-13-16-7-2-1-3-8-16/h1-12,15H,13-14H2,(H,25,28)(H2,24,26,29,33). The molecule has 2 amide bonds. The number of carbonyl (C=O) groups excluding carboxylic acids is 2. The molecule has 0 aliphatic rings. The average Bonchev–Trinajstić information content (AvgIpc) is 2.83. The number of non-ortho nitro benzene ring substituents is 1. The van der Waals surface area contributed by atoms with Crippen LogP contribution in [0.4, 0.5) is 5.69 Å². The van der Waals surface area contributed by atoms with Crippen molar-refractivity contribution in [1.82, 2.24) is 16.2 Å². The third-order valence-electron chi connectivity index (χ3n) is 4.46. The fourth-order valence-electron chi connectivity index (χ4n) is 2.85. The molecule has 0 radical (unpaired) electrons. The largest absolute Gasteiger partial charge is 0.492 e. The van der Waals surface area contributed by atoms with Crippen LogP contribution in [0.25, 0.3) is 0 Å². The van der Waals surface area contributed by atoms with Crippen LogP contribution in [0.1, 0.15) is 26.3 Å². The van der Waals surface area contributed by atoms with Gasteiger partial charge in [0.15, 0.2) is 5.11 Å². The SMILES string of the molecule is O=C(NNC(=S)NC(=O)c1ccccc1OCCc1ccccc1)c1cccc([N+](=O)[O-])c1. The predicted molar refractivity (Wildman–Crippen MR) is 126 cm³/mol. The molecular formula is C23H20N4O5S. The van der Waals surface area contributed by atoms with Gasteiger partial charge in [-0.3, -0.25) is 35.9 Å². The summed E-state index contributed by atoms with van der Waals surface area (Å²) >= 11 is 5.05. The molecule has 0 saturated carbocycles. The lowest BCUT2D eigenvalue weighted by Gasteiger charge is -2.13. The summed E-state index contributed by atoms with van der Waals surface area (Å²) in [5.74, 6) is -0.776. The number of nitrogens with one attached hydrogen (secondary N) is 3. The number of hydrazine groups is 1. The molecule has 0 saturated heterocycles. The summed E-state index contributed by atoms with van der Waals surface area (Å²) in [5.41, 5.74) is 5.92. The van der Waals surface area contributed by atoms with Crippen molar-refractivity contribution in [2.45, 2.75) is 6.42 Å². The van der Waals surface area contributed by atoms with Crippen molar-refractivity contribution >= 4 is 34.8 Å². The minimum atomic E-state index is -0.653. The van der Waals surface area contributed by atoms with Crippen LogP contribution in [0.3, 0.4) is 0 Å². The average molecular weight is 465 g/mol. The highest BCUT2D eigenvalue weighted by molar-refractivity contribution is 7.80. The van der Waals surface area contributed by atoms with E-state index in [2.05, 4.69) is 16.2 Å². The molecule has 0 aliphatic heterocycles. The van der Waals surface area contributed by atoms with E-state index in [1.165, 1.54) is 18.2 Å². The van der Waals surface area contributed by atoms with Gasteiger partial charge in [-0.05, 0) is 36.0 Å². The molecule has 0 aliphatic carbocycles. The molecule has 0 heterocycles. The van der Waals surface area contributed by atoms with E-state index < -0.39 is 16.7 Å². The van der Waals surface area contributed by atoms with Crippen LogP contribution in [0.2, 0.25) is 0 Å². The van der Waals surface area contributed by atoms with E-state index >= 15 is 0 Å². The number of hydrogen-bond acceptors (Lipinski definition) is 6. The number of rotatable bonds is 7. The van der Waals surface area contributed by atoms with Crippen molar-refractivity contribution in [3.63, 3.8) is 0 Å². The van der Waals surface area contributed by atoms with Crippen LogP contribution in [0, 0.1) is 10.1 Å². The minimum Gasteiger partial charge on any atom is -0.492 e. The van der Waals surface area contributed by atoms with E-state index in [-0.39, 0.29) is 21.9 Å². The summed E-state index contributed by atoms with van der Waals surface area (Å²) in [4.78, 5) is 35.1. The number of thiocarbonyl (C=S) groups is 1. The molecule has 3 aromatic carbocycles. The molecule has 0 aromatic heterocycles. The number of carbonyl (C=O) groups is 2. The molecule has 33 heavy (non-hydrogen) atoms. The molecule has 3 rings (SSSR count). The van der Waals surface area contributed by atoms with Gasteiger partial charge in [0, 0.05) is 24.1 Å². The van der Waals surface area contributed by atoms with Gasteiger partial charge >= 0.3 is 0 Å². The van der Waals surface area contributed by atoms with Crippen molar-refractivity contribution < 1.29 is 19.2 Å². The number of amides is 2. The van der Waals surface area contributed by atoms with E-state index in [4.69, 9.17) is 17.0 Å². The molecule has 3 N–H and O–H groups in total. The van der Waals surface area contributed by atoms with Crippen molar-refractivity contribution in [1.29, 1.82) is 0 Å². The minimum absolute atomic E-state index is 0.0583. The highest BCUT2D eigenvalue weighted by Gasteiger charge is 2.15. The van der Waals surface area contributed by atoms with Gasteiger partial charge in [0.25, 0.3) is 17.5 Å². The van der Waals surface area contributed by atoms with Gasteiger partial charge in [-0.2, -0.15) is 0 Å². The van der Waals surface area contributed by atoms with Crippen molar-refractivity contribution in [2.75, 3.05) is 6.61 Å². The summed E-state index contributed by atoms with van der Waals surface area (Å²) < 4.78 is 5.78. The summed E-state index contributed by atoms with van der Waals surface area (Å²) in [7, 11) is 0. The van der Waals surface area contributed by atoms with E-state index in [1.54, 1.807) is 24.3 Å². The Bertz CT molecular complexity index is 1170. The maximum Gasteiger partial charge on any atom is 0.270 e. The zero-order chi connectivity index (χ0) is 23.6. The molecule has 168 valence electrons. The third-order valence-corrected chi connectivity index (χ3v) is 4.66. The Labute approximate surface area is 194 Å². The van der Waals surface area contributed by atoms with Crippen LogP contribution in [0.15, 0.2) is 78.9 Å². The number of nitro benzene ring substituents is 1. The predicted octanol–water partition coefficient (Wildman–Crippen LogP) is 3.17. The van der Waals surface area contributed by atoms with Crippen LogP contribution in [-0.2, 0) is 6.42 Å². The summed E-state index contributed by atoms with van der Waals surface area (Å²) in [6, 6.07) is 21.7. The Morgan fingerprint density at radius 3 is 2.39 bits per heavy atom. The Balaban J connectivity index is 1.53. The van der Waals surface area contributed by atoms with Crippen LogP contribution < -0.4 is 20.9 Å². The van der Waals surface area contributed by atoms with E-state index in [9.17, 15) is 19.7 Å². The number of benzene rings is 3. The van der Waals surface area contributed by atoms with E-state index in [1.807, 2.05) is 30.3 Å². The van der Waals surface area contributed by atoms with E-state index in [0.717, 1.165) is 11.6 Å². The quantitative estimate of drug-likeness (QED) is 0.279. The van der Waals surface area contributed by atoms with Gasteiger partial charge in [-0.25, -0.2) is 0 Å². The summed E-state index contributed by atoms with van der Waals surface area (Å²) in [6.45, 7) is 0.385. The second-order valence-corrected chi connectivity index (χ2v) is 7.16. The zero-order valence-electron chi connectivity index (χ0n) is 17.3. The number of nitro groups is 1. The zero-order valence-corrected chi connectivity index (χ0v) is 18.1.